The van der Waals surface area contributed by atoms with Crippen LogP contribution in [0.4, 0.5) is 0 Å². The number of amides is 4. The molecule has 2 heterocycles. The van der Waals surface area contributed by atoms with E-state index in [1.165, 1.54) is 12.1 Å². The molecule has 1 fully saturated rings. The predicted octanol–water partition coefficient (Wildman–Crippen LogP) is 3.05. The van der Waals surface area contributed by atoms with Crippen LogP contribution >= 0.6 is 0 Å². The molecule has 5 N–H and O–H groups in total. The number of carboxylic acid groups (broad SMARTS) is 1. The topological polar surface area (TPSA) is 180 Å². The van der Waals surface area contributed by atoms with Crippen LogP contribution in [-0.2, 0) is 25.6 Å². The van der Waals surface area contributed by atoms with E-state index in [4.69, 9.17) is 4.52 Å². The number of nitrogens with zero attached hydrogens (tertiary/aromatic N) is 1. The van der Waals surface area contributed by atoms with Gasteiger partial charge in [0.25, 0.3) is 5.91 Å². The Morgan fingerprint density at radius 1 is 1.04 bits per heavy atom. The molecule has 0 saturated carbocycles. The predicted molar refractivity (Wildman–Crippen MR) is 171 cm³/mol. The Hall–Kier alpha value is -5.00. The summed E-state index contributed by atoms with van der Waals surface area (Å²) in [7, 11) is 0. The van der Waals surface area contributed by atoms with E-state index in [0.717, 1.165) is 28.8 Å². The number of carbonyl (C=O) groups is 5. The number of hydrogen-bond donors (Lipinski definition) is 5. The summed E-state index contributed by atoms with van der Waals surface area (Å²) >= 11 is 0. The fourth-order valence-corrected chi connectivity index (χ4v) is 5.61. The van der Waals surface area contributed by atoms with Crippen molar-refractivity contribution < 1.29 is 33.6 Å². The first kappa shape index (κ1) is 33.9. The van der Waals surface area contributed by atoms with E-state index >= 15 is 0 Å². The van der Waals surface area contributed by atoms with Gasteiger partial charge in [-0.3, -0.25) is 19.2 Å². The Balaban J connectivity index is 1.57. The monoisotopic (exact) mass is 631 g/mol. The SMILES string of the molecule is Cc1cc(C(=O)N[C@@H](Cc2cccc3ccccc23)C(=O)N[C@@H](CC(C)C)C(=O)N[C@H](/C=C/C(=O)O)C[C@@H]2CCCNC2=O)no1. The van der Waals surface area contributed by atoms with Crippen LogP contribution in [0.25, 0.3) is 10.8 Å². The van der Waals surface area contributed by atoms with E-state index in [0.29, 0.717) is 18.7 Å². The molecule has 1 aliphatic heterocycles. The summed E-state index contributed by atoms with van der Waals surface area (Å²) in [5.41, 5.74) is 0.842. The molecule has 12 nitrogen and oxygen atoms in total. The van der Waals surface area contributed by atoms with Gasteiger partial charge in [0, 0.05) is 37.1 Å². The zero-order chi connectivity index (χ0) is 33.2. The molecule has 4 amide bonds. The van der Waals surface area contributed by atoms with Crippen molar-refractivity contribution in [3.8, 4) is 0 Å². The van der Waals surface area contributed by atoms with Crippen molar-refractivity contribution in [2.24, 2.45) is 11.8 Å². The molecule has 1 aromatic heterocycles. The van der Waals surface area contributed by atoms with Crippen molar-refractivity contribution in [3.63, 3.8) is 0 Å². The van der Waals surface area contributed by atoms with Crippen LogP contribution < -0.4 is 21.3 Å². The molecule has 244 valence electrons. The number of aryl methyl sites for hydroxylation is 1. The maximum Gasteiger partial charge on any atom is 0.328 e. The molecule has 1 saturated heterocycles. The second kappa shape index (κ2) is 15.8. The van der Waals surface area contributed by atoms with Crippen molar-refractivity contribution in [3.05, 3.63) is 77.7 Å². The summed E-state index contributed by atoms with van der Waals surface area (Å²) in [5, 5.41) is 26.1. The Morgan fingerprint density at radius 2 is 1.78 bits per heavy atom. The summed E-state index contributed by atoms with van der Waals surface area (Å²) in [6.45, 7) is 6.04. The van der Waals surface area contributed by atoms with Gasteiger partial charge >= 0.3 is 5.97 Å². The third-order valence-electron chi connectivity index (χ3n) is 7.86. The third-order valence-corrected chi connectivity index (χ3v) is 7.86. The zero-order valence-electron chi connectivity index (χ0n) is 26.2. The summed E-state index contributed by atoms with van der Waals surface area (Å²) in [6.07, 6.45) is 4.29. The van der Waals surface area contributed by atoms with Gasteiger partial charge in [0.05, 0.1) is 0 Å². The van der Waals surface area contributed by atoms with Gasteiger partial charge in [-0.25, -0.2) is 4.79 Å². The molecule has 0 spiro atoms. The van der Waals surface area contributed by atoms with Crippen LogP contribution in [0.1, 0.15) is 61.3 Å². The molecule has 0 unspecified atom stereocenters. The number of rotatable bonds is 14. The lowest BCUT2D eigenvalue weighted by molar-refractivity contribution is -0.131. The first-order chi connectivity index (χ1) is 22.0. The summed E-state index contributed by atoms with van der Waals surface area (Å²) in [5.74, 6) is -3.00. The molecule has 46 heavy (non-hydrogen) atoms. The van der Waals surface area contributed by atoms with Crippen molar-refractivity contribution in [1.29, 1.82) is 0 Å². The lowest BCUT2D eigenvalue weighted by atomic mass is 9.91. The van der Waals surface area contributed by atoms with Crippen LogP contribution in [0.5, 0.6) is 0 Å². The fourth-order valence-electron chi connectivity index (χ4n) is 5.61. The molecule has 0 bridgehead atoms. The van der Waals surface area contributed by atoms with Crippen molar-refractivity contribution >= 4 is 40.4 Å². The Bertz CT molecular complexity index is 1590. The minimum Gasteiger partial charge on any atom is -0.478 e. The van der Waals surface area contributed by atoms with E-state index in [2.05, 4.69) is 26.4 Å². The summed E-state index contributed by atoms with van der Waals surface area (Å²) in [6, 6.07) is 12.1. The molecular formula is C34H41N5O7. The van der Waals surface area contributed by atoms with Gasteiger partial charge in [-0.2, -0.15) is 0 Å². The largest absolute Gasteiger partial charge is 0.478 e. The highest BCUT2D eigenvalue weighted by Crippen LogP contribution is 2.21. The number of carbonyl (C=O) groups excluding carboxylic acids is 4. The lowest BCUT2D eigenvalue weighted by Gasteiger charge is -2.28. The number of aromatic nitrogens is 1. The average Bonchev–Trinajstić information content (AvgIpc) is 3.46. The molecule has 1 aliphatic rings. The molecule has 4 atom stereocenters. The minimum atomic E-state index is -1.19. The van der Waals surface area contributed by atoms with Gasteiger partial charge in [-0.1, -0.05) is 67.5 Å². The van der Waals surface area contributed by atoms with E-state index in [-0.39, 0.29) is 36.8 Å². The number of carboxylic acids is 1. The van der Waals surface area contributed by atoms with Crippen molar-refractivity contribution in [2.45, 2.75) is 71.0 Å². The number of aliphatic carboxylic acids is 1. The number of benzene rings is 2. The van der Waals surface area contributed by atoms with Gasteiger partial charge in [-0.05, 0) is 54.9 Å². The second-order valence-corrected chi connectivity index (χ2v) is 12.1. The Morgan fingerprint density at radius 3 is 2.48 bits per heavy atom. The standard InChI is InChI=1S/C34H41N5O7/c1-20(2)16-27(32(43)36-25(13-14-30(40)41)18-24-11-7-15-35-31(24)42)37-33(44)28(38-34(45)29-17-21(3)46-39-29)19-23-10-6-9-22-8-4-5-12-26(22)23/h4-6,8-10,12-14,17,20,24-25,27-28H,7,11,15-16,18-19H2,1-3H3,(H,35,42)(H,36,43)(H,37,44)(H,38,45)(H,40,41)/b14-13+/t24-,25+,27-,28-/m0/s1. The van der Waals surface area contributed by atoms with E-state index in [1.54, 1.807) is 6.92 Å². The van der Waals surface area contributed by atoms with Crippen molar-refractivity contribution in [2.75, 3.05) is 6.54 Å². The smallest absolute Gasteiger partial charge is 0.328 e. The van der Waals surface area contributed by atoms with Crippen LogP contribution in [-0.4, -0.2) is 64.5 Å². The van der Waals surface area contributed by atoms with Crippen LogP contribution in [0.2, 0.25) is 0 Å². The first-order valence-electron chi connectivity index (χ1n) is 15.5. The number of nitrogens with one attached hydrogen (secondary N) is 4. The molecule has 3 aromatic rings. The molecule has 2 aromatic carbocycles. The van der Waals surface area contributed by atoms with Crippen molar-refractivity contribution in [1.82, 2.24) is 26.4 Å². The molecular weight excluding hydrogens is 590 g/mol. The van der Waals surface area contributed by atoms with Crippen LogP contribution in [0, 0.1) is 18.8 Å². The van der Waals surface area contributed by atoms with Gasteiger partial charge in [-0.15, -0.1) is 0 Å². The van der Waals surface area contributed by atoms with E-state index in [9.17, 15) is 29.1 Å². The van der Waals surface area contributed by atoms with Crippen LogP contribution in [0.15, 0.2) is 65.2 Å². The van der Waals surface area contributed by atoms with Gasteiger partial charge in [0.1, 0.15) is 17.8 Å². The Labute approximate surface area is 267 Å². The molecule has 0 aliphatic carbocycles. The van der Waals surface area contributed by atoms with Gasteiger partial charge < -0.3 is 30.9 Å². The average molecular weight is 632 g/mol. The first-order valence-corrected chi connectivity index (χ1v) is 15.5. The highest BCUT2D eigenvalue weighted by Gasteiger charge is 2.31. The zero-order valence-corrected chi connectivity index (χ0v) is 26.2. The highest BCUT2D eigenvalue weighted by molar-refractivity contribution is 5.98. The normalized spacial score (nSPS) is 16.9. The Kier molecular flexibility index (Phi) is 11.7. The summed E-state index contributed by atoms with van der Waals surface area (Å²) < 4.78 is 5.04. The maximum atomic E-state index is 13.9. The summed E-state index contributed by atoms with van der Waals surface area (Å²) in [4.78, 5) is 64.4. The van der Waals surface area contributed by atoms with Crippen LogP contribution in [0.3, 0.4) is 0 Å². The highest BCUT2D eigenvalue weighted by atomic mass is 16.5. The fraction of sp³-hybridized carbons (Fsp3) is 0.412. The van der Waals surface area contributed by atoms with Gasteiger partial charge in [0.15, 0.2) is 5.69 Å². The number of piperidine rings is 1. The second-order valence-electron chi connectivity index (χ2n) is 12.1. The molecule has 0 radical (unpaired) electrons. The quantitative estimate of drug-likeness (QED) is 0.168. The molecule has 12 heteroatoms. The molecule has 4 rings (SSSR count). The van der Waals surface area contributed by atoms with Gasteiger partial charge in [0.2, 0.25) is 17.7 Å². The number of fused-ring (bicyclic) bond motifs is 1. The van der Waals surface area contributed by atoms with E-state index in [1.807, 2.05) is 56.3 Å². The third kappa shape index (κ3) is 9.50. The minimum absolute atomic E-state index is 0.00241. The van der Waals surface area contributed by atoms with E-state index < -0.39 is 47.7 Å². The lowest BCUT2D eigenvalue weighted by Crippen LogP contribution is -2.56. The number of hydrogen-bond acceptors (Lipinski definition) is 7. The maximum absolute atomic E-state index is 13.9.